The highest BCUT2D eigenvalue weighted by atomic mass is 32.1. The van der Waals surface area contributed by atoms with Crippen LogP contribution in [0.1, 0.15) is 133 Å². The quantitative estimate of drug-likeness (QED) is 0.327. The van der Waals surface area contributed by atoms with Crippen molar-refractivity contribution >= 4 is 34.7 Å². The van der Waals surface area contributed by atoms with E-state index in [4.69, 9.17) is 15.0 Å². The summed E-state index contributed by atoms with van der Waals surface area (Å²) in [7, 11) is 1.66. The van der Waals surface area contributed by atoms with Crippen LogP contribution in [0.5, 0.6) is 0 Å². The molecule has 0 bridgehead atoms. The predicted molar refractivity (Wildman–Crippen MR) is 160 cm³/mol. The van der Waals surface area contributed by atoms with Crippen LogP contribution in [-0.2, 0) is 4.79 Å². The zero-order chi connectivity index (χ0) is 28.9. The molecule has 1 saturated carbocycles. The highest BCUT2D eigenvalue weighted by Gasteiger charge is 2.14. The van der Waals surface area contributed by atoms with Crippen molar-refractivity contribution in [3.05, 3.63) is 40.4 Å². The summed E-state index contributed by atoms with van der Waals surface area (Å²) in [4.78, 5) is 29.7. The molecule has 1 aliphatic rings. The van der Waals surface area contributed by atoms with Crippen molar-refractivity contribution in [2.75, 3.05) is 12.4 Å². The second-order valence-corrected chi connectivity index (χ2v) is 7.08. The van der Waals surface area contributed by atoms with Gasteiger partial charge in [0.1, 0.15) is 6.29 Å². The summed E-state index contributed by atoms with van der Waals surface area (Å²) in [6, 6.07) is 8.08. The second-order valence-electron chi connectivity index (χ2n) is 6.11. The largest absolute Gasteiger partial charge is 0.481 e. The summed E-state index contributed by atoms with van der Waals surface area (Å²) in [5.41, 5.74) is 2.19. The lowest BCUT2D eigenvalue weighted by atomic mass is 9.84. The van der Waals surface area contributed by atoms with Gasteiger partial charge in [0.05, 0.1) is 0 Å². The molecule has 1 aromatic carbocycles. The van der Waals surface area contributed by atoms with Gasteiger partial charge in [-0.3, -0.25) is 9.59 Å². The monoisotopic (exact) mass is 543 g/mol. The Morgan fingerprint density at radius 3 is 1.62 bits per heavy atom. The normalized spacial score (nSPS) is 10.6. The highest BCUT2D eigenvalue weighted by Crippen LogP contribution is 2.32. The Morgan fingerprint density at radius 2 is 1.32 bits per heavy atom. The lowest BCUT2D eigenvalue weighted by molar-refractivity contribution is -0.134. The molecule has 37 heavy (non-hydrogen) atoms. The zero-order valence-electron chi connectivity index (χ0n) is 23.9. The van der Waals surface area contributed by atoms with E-state index < -0.39 is 11.9 Å². The van der Waals surface area contributed by atoms with Crippen molar-refractivity contribution in [1.82, 2.24) is 10.2 Å². The minimum Gasteiger partial charge on any atom is -0.481 e. The topological polar surface area (TPSA) is 129 Å². The van der Waals surface area contributed by atoms with Gasteiger partial charge < -0.3 is 15.5 Å². The van der Waals surface area contributed by atoms with Crippen LogP contribution < -0.4 is 5.32 Å². The second kappa shape index (κ2) is 33.2. The lowest BCUT2D eigenvalue weighted by Crippen LogP contribution is -2.04. The van der Waals surface area contributed by atoms with Crippen LogP contribution in [0, 0.1) is 0 Å². The molecule has 0 atom stereocenters. The maximum absolute atomic E-state index is 10.5. The number of carbonyl (C=O) groups is 3. The molecule has 0 radical (unpaired) electrons. The van der Waals surface area contributed by atoms with Crippen LogP contribution in [0.3, 0.4) is 0 Å². The van der Waals surface area contributed by atoms with Gasteiger partial charge in [-0.1, -0.05) is 118 Å². The Morgan fingerprint density at radius 1 is 0.892 bits per heavy atom. The van der Waals surface area contributed by atoms with E-state index in [2.05, 4.69) is 27.6 Å². The maximum atomic E-state index is 10.5. The average molecular weight is 544 g/mol. The third-order valence-corrected chi connectivity index (χ3v) is 4.90. The number of aromatic carboxylic acids is 1. The number of nitrogens with zero attached hydrogens (tertiary/aromatic N) is 2. The standard InChI is InChI=1S/C13H16O.C4H5N3O2S.C2H4O2.4C2H6.CH4/c14-10-11-6-8-13(9-7-11)12-4-2-1-3-5-12;1-5-4-7-6-2(10-4)3(8)9;1-2(3)4;4*1-2;/h6-10,12H,1-5H2;1H3,(H,5,7)(H,8,9);1H3,(H,3,4);4*1-2H3;1H4. The van der Waals surface area contributed by atoms with Crippen molar-refractivity contribution in [3.8, 4) is 0 Å². The average Bonchev–Trinajstić information content (AvgIpc) is 3.44. The molecule has 0 aliphatic heterocycles. The molecule has 1 heterocycles. The highest BCUT2D eigenvalue weighted by molar-refractivity contribution is 7.16. The minimum absolute atomic E-state index is 0. The first kappa shape index (κ1) is 44.2. The Labute approximate surface area is 229 Å². The molecule has 1 aliphatic carbocycles. The molecule has 3 N–H and O–H groups in total. The first-order chi connectivity index (χ1) is 17.4. The molecule has 0 unspecified atom stereocenters. The van der Waals surface area contributed by atoms with E-state index in [0.717, 1.165) is 36.0 Å². The summed E-state index contributed by atoms with van der Waals surface area (Å²) >= 11 is 1.01. The van der Waals surface area contributed by atoms with Gasteiger partial charge in [0.25, 0.3) is 5.97 Å². The molecule has 2 aromatic rings. The Kier molecular flexibility index (Phi) is 39.7. The zero-order valence-corrected chi connectivity index (χ0v) is 24.7. The van der Waals surface area contributed by atoms with E-state index >= 15 is 0 Å². The van der Waals surface area contributed by atoms with Gasteiger partial charge in [0, 0.05) is 19.5 Å². The fourth-order valence-corrected chi connectivity index (χ4v) is 3.23. The maximum Gasteiger partial charge on any atom is 0.367 e. The SMILES string of the molecule is C.CC.CC.CC.CC.CC(=O)O.CNc1nnc(C(=O)O)s1.O=Cc1ccc(C2CCCCC2)cc1. The summed E-state index contributed by atoms with van der Waals surface area (Å²) in [6.07, 6.45) is 7.66. The molecule has 0 amide bonds. The van der Waals surface area contributed by atoms with Gasteiger partial charge >= 0.3 is 5.97 Å². The van der Waals surface area contributed by atoms with Crippen molar-refractivity contribution < 1.29 is 24.6 Å². The van der Waals surface area contributed by atoms with Gasteiger partial charge in [0.2, 0.25) is 10.1 Å². The number of anilines is 1. The Hall–Kier alpha value is -2.81. The van der Waals surface area contributed by atoms with Crippen LogP contribution in [0.2, 0.25) is 0 Å². The van der Waals surface area contributed by atoms with Crippen LogP contribution in [0.4, 0.5) is 5.13 Å². The number of hydrogen-bond donors (Lipinski definition) is 3. The van der Waals surface area contributed by atoms with E-state index in [-0.39, 0.29) is 12.4 Å². The summed E-state index contributed by atoms with van der Waals surface area (Å²) in [5, 5.41) is 25.9. The molecule has 3 rings (SSSR count). The molecule has 1 fully saturated rings. The van der Waals surface area contributed by atoms with Crippen LogP contribution in [-0.4, -0.2) is 45.7 Å². The molecule has 9 heteroatoms. The smallest absolute Gasteiger partial charge is 0.367 e. The van der Waals surface area contributed by atoms with Gasteiger partial charge in [-0.2, -0.15) is 0 Å². The first-order valence-electron chi connectivity index (χ1n) is 12.9. The van der Waals surface area contributed by atoms with Gasteiger partial charge in [0.15, 0.2) is 0 Å². The molecule has 0 saturated heterocycles. The molecular formula is C28H53N3O5S. The molecule has 216 valence electrons. The van der Waals surface area contributed by atoms with Crippen LogP contribution in [0.15, 0.2) is 24.3 Å². The van der Waals surface area contributed by atoms with Crippen molar-refractivity contribution in [2.45, 2.75) is 108 Å². The molecular weight excluding hydrogens is 490 g/mol. The number of nitrogens with one attached hydrogen (secondary N) is 1. The van der Waals surface area contributed by atoms with Gasteiger partial charge in [-0.05, 0) is 24.3 Å². The van der Waals surface area contributed by atoms with Crippen LogP contribution in [0.25, 0.3) is 0 Å². The number of hydrogen-bond acceptors (Lipinski definition) is 7. The third kappa shape index (κ3) is 24.7. The summed E-state index contributed by atoms with van der Waals surface area (Å²) in [6.45, 7) is 17.1. The fourth-order valence-electron chi connectivity index (χ4n) is 2.69. The number of aromatic nitrogens is 2. The number of carboxylic acid groups (broad SMARTS) is 2. The van der Waals surface area contributed by atoms with E-state index in [0.29, 0.717) is 5.13 Å². The number of carbonyl (C=O) groups excluding carboxylic acids is 1. The Balaban J connectivity index is -0.000000131. The molecule has 1 aromatic heterocycles. The van der Waals surface area contributed by atoms with Crippen molar-refractivity contribution in [3.63, 3.8) is 0 Å². The van der Waals surface area contributed by atoms with E-state index in [1.165, 1.54) is 37.7 Å². The number of aldehydes is 1. The van der Waals surface area contributed by atoms with Crippen molar-refractivity contribution in [2.24, 2.45) is 0 Å². The van der Waals surface area contributed by atoms with E-state index in [9.17, 15) is 9.59 Å². The predicted octanol–water partition coefficient (Wildman–Crippen LogP) is 8.66. The fraction of sp³-hybridized carbons (Fsp3) is 0.607. The minimum atomic E-state index is -1.04. The van der Waals surface area contributed by atoms with Gasteiger partial charge in [-0.15, -0.1) is 10.2 Å². The van der Waals surface area contributed by atoms with E-state index in [1.54, 1.807) is 7.05 Å². The molecule has 0 spiro atoms. The molecule has 8 nitrogen and oxygen atoms in total. The lowest BCUT2D eigenvalue weighted by Gasteiger charge is -2.21. The number of benzene rings is 1. The number of rotatable bonds is 4. The van der Waals surface area contributed by atoms with Crippen LogP contribution >= 0.6 is 11.3 Å². The Bertz CT molecular complexity index is 755. The summed E-state index contributed by atoms with van der Waals surface area (Å²) in [5.74, 6) is -1.14. The summed E-state index contributed by atoms with van der Waals surface area (Å²) < 4.78 is 0. The number of carboxylic acids is 2. The third-order valence-electron chi connectivity index (χ3n) is 3.97. The van der Waals surface area contributed by atoms with Crippen molar-refractivity contribution in [1.29, 1.82) is 0 Å². The first-order valence-corrected chi connectivity index (χ1v) is 13.7. The number of aliphatic carboxylic acids is 1. The van der Waals surface area contributed by atoms with E-state index in [1.807, 2.05) is 67.5 Å². The van der Waals surface area contributed by atoms with Gasteiger partial charge in [-0.25, -0.2) is 4.79 Å².